The number of hydrogen-bond acceptors (Lipinski definition) is 5. The molecule has 27 heavy (non-hydrogen) atoms. The summed E-state index contributed by atoms with van der Waals surface area (Å²) in [5, 5.41) is 19.5. The van der Waals surface area contributed by atoms with Crippen molar-refractivity contribution < 1.29 is 14.3 Å². The van der Waals surface area contributed by atoms with Gasteiger partial charge in [0.25, 0.3) is 0 Å². The monoisotopic (exact) mass is 430 g/mol. The van der Waals surface area contributed by atoms with Crippen LogP contribution in [-0.4, -0.2) is 48.3 Å². The predicted octanol–water partition coefficient (Wildman–Crippen LogP) is 5.00. The molecule has 0 aliphatic heterocycles. The third-order valence-electron chi connectivity index (χ3n) is 3.65. The minimum atomic E-state index is -1.24. The molecule has 0 fully saturated rings. The number of hydrogen-bond donors (Lipinski definition) is 1. The van der Waals surface area contributed by atoms with Gasteiger partial charge < -0.3 is 14.4 Å². The summed E-state index contributed by atoms with van der Waals surface area (Å²) in [4.78, 5) is 18.7. The van der Waals surface area contributed by atoms with E-state index in [9.17, 15) is 15.2 Å². The van der Waals surface area contributed by atoms with E-state index in [0.29, 0.717) is 11.4 Å². The molecule has 0 radical (unpaired) electrons. The highest BCUT2D eigenvalue weighted by Gasteiger charge is 2.26. The van der Waals surface area contributed by atoms with Crippen LogP contribution in [-0.2, 0) is 0 Å². The second-order valence-electron chi connectivity index (χ2n) is 5.98. The third-order valence-corrected chi connectivity index (χ3v) is 4.67. The van der Waals surface area contributed by atoms with Crippen LogP contribution in [0, 0.1) is 11.3 Å². The fraction of sp³-hybridized carbons (Fsp3) is 0.353. The number of carboxylic acid groups (broad SMARTS) is 1. The van der Waals surface area contributed by atoms with E-state index in [1.54, 1.807) is 0 Å². The molecule has 0 saturated heterocycles. The summed E-state index contributed by atoms with van der Waals surface area (Å²) in [6, 6.07) is 4.79. The molecular weight excluding hydrogens is 415 g/mol. The fourth-order valence-electron chi connectivity index (χ4n) is 2.38. The number of unbranched alkanes of at least 4 members (excludes halogenated alkanes) is 1. The zero-order valence-corrected chi connectivity index (χ0v) is 16.9. The maximum atomic E-state index is 11.7. The lowest BCUT2D eigenvalue weighted by Gasteiger charge is -2.16. The molecule has 10 heteroatoms. The number of amides is 1. The van der Waals surface area contributed by atoms with Gasteiger partial charge in [-0.1, -0.05) is 34.8 Å². The van der Waals surface area contributed by atoms with Gasteiger partial charge in [-0.2, -0.15) is 10.2 Å². The second kappa shape index (κ2) is 9.29. The van der Waals surface area contributed by atoms with Crippen molar-refractivity contribution in [2.45, 2.75) is 12.8 Å². The first kappa shape index (κ1) is 21.3. The minimum absolute atomic E-state index is 0.0320. The molecule has 0 aliphatic rings. The summed E-state index contributed by atoms with van der Waals surface area (Å²) in [5.74, 6) is -0.187. The predicted molar refractivity (Wildman–Crippen MR) is 105 cm³/mol. The Kier molecular flexibility index (Phi) is 7.33. The molecule has 0 saturated carbocycles. The maximum Gasteiger partial charge on any atom is 0.414 e. The van der Waals surface area contributed by atoms with Gasteiger partial charge in [-0.25, -0.2) is 9.69 Å². The van der Waals surface area contributed by atoms with E-state index in [1.165, 1.54) is 12.1 Å². The molecule has 0 unspecified atom stereocenters. The van der Waals surface area contributed by atoms with E-state index in [0.717, 1.165) is 17.9 Å². The zero-order chi connectivity index (χ0) is 20.1. The first-order valence-corrected chi connectivity index (χ1v) is 9.09. The number of benzene rings is 1. The normalized spacial score (nSPS) is 10.9. The second-order valence-corrected chi connectivity index (χ2v) is 7.20. The third kappa shape index (κ3) is 5.27. The van der Waals surface area contributed by atoms with Gasteiger partial charge in [0.15, 0.2) is 0 Å². The van der Waals surface area contributed by atoms with Crippen LogP contribution in [0.15, 0.2) is 16.5 Å². The van der Waals surface area contributed by atoms with E-state index < -0.39 is 6.09 Å². The summed E-state index contributed by atoms with van der Waals surface area (Å²) < 4.78 is 5.58. The lowest BCUT2D eigenvalue weighted by Crippen LogP contribution is -2.31. The zero-order valence-electron chi connectivity index (χ0n) is 14.7. The maximum absolute atomic E-state index is 11.7. The summed E-state index contributed by atoms with van der Waals surface area (Å²) in [6.07, 6.45) is 0.138. The van der Waals surface area contributed by atoms with Crippen molar-refractivity contribution in [2.24, 2.45) is 0 Å². The number of nitrogens with zero attached hydrogens (tertiary/aromatic N) is 4. The lowest BCUT2D eigenvalue weighted by molar-refractivity contribution is 0.200. The lowest BCUT2D eigenvalue weighted by atomic mass is 10.2. The molecule has 0 bridgehead atoms. The van der Waals surface area contributed by atoms with Gasteiger partial charge in [0, 0.05) is 11.6 Å². The van der Waals surface area contributed by atoms with Crippen molar-refractivity contribution in [3.8, 4) is 17.5 Å². The quantitative estimate of drug-likeness (QED) is 0.490. The van der Waals surface area contributed by atoms with E-state index in [2.05, 4.69) is 4.98 Å². The van der Waals surface area contributed by atoms with Crippen molar-refractivity contribution in [3.63, 3.8) is 0 Å². The smallest absolute Gasteiger partial charge is 0.414 e. The number of halogens is 3. The highest BCUT2D eigenvalue weighted by molar-refractivity contribution is 6.44. The number of carbonyl (C=O) groups is 1. The van der Waals surface area contributed by atoms with Crippen molar-refractivity contribution >= 4 is 46.8 Å². The van der Waals surface area contributed by atoms with Gasteiger partial charge in [-0.3, -0.25) is 0 Å². The average Bonchev–Trinajstić information content (AvgIpc) is 3.01. The van der Waals surface area contributed by atoms with Gasteiger partial charge in [0.1, 0.15) is 6.07 Å². The van der Waals surface area contributed by atoms with Crippen LogP contribution in [0.2, 0.25) is 15.1 Å². The van der Waals surface area contributed by atoms with Gasteiger partial charge in [0.05, 0.1) is 15.6 Å². The standard InChI is InChI=1S/C17H17Cl3N4O3/c1-23(2)5-3-4-6-24(17(25)26)16-13(9-21)22-15(27-16)11-7-10(18)8-12(19)14(11)20/h7-8H,3-6H2,1-2H3,(H,25,26). The van der Waals surface area contributed by atoms with Crippen molar-refractivity contribution in [1.82, 2.24) is 9.88 Å². The molecule has 0 aliphatic carbocycles. The van der Waals surface area contributed by atoms with E-state index >= 15 is 0 Å². The van der Waals surface area contributed by atoms with Crippen molar-refractivity contribution in [2.75, 3.05) is 32.1 Å². The summed E-state index contributed by atoms with van der Waals surface area (Å²) in [5.41, 5.74) is 0.113. The Labute approximate surface area is 171 Å². The minimum Gasteiger partial charge on any atom is -0.465 e. The van der Waals surface area contributed by atoms with E-state index in [-0.39, 0.29) is 39.6 Å². The van der Waals surface area contributed by atoms with Crippen LogP contribution in [0.3, 0.4) is 0 Å². The van der Waals surface area contributed by atoms with Gasteiger partial charge in [-0.05, 0) is 45.6 Å². The molecular formula is C17H17Cl3N4O3. The van der Waals surface area contributed by atoms with Crippen LogP contribution < -0.4 is 4.90 Å². The Morgan fingerprint density at radius 2 is 1.93 bits per heavy atom. The Bertz CT molecular complexity index is 877. The molecule has 0 spiro atoms. The topological polar surface area (TPSA) is 93.6 Å². The molecule has 2 aromatic rings. The molecule has 1 N–H and O–H groups in total. The molecule has 7 nitrogen and oxygen atoms in total. The molecule has 1 aromatic heterocycles. The number of rotatable bonds is 7. The SMILES string of the molecule is CN(C)CCCCN(C(=O)O)c1oc(-c2cc(Cl)cc(Cl)c2Cl)nc1C#N. The summed E-state index contributed by atoms with van der Waals surface area (Å²) >= 11 is 18.2. The van der Waals surface area contributed by atoms with E-state index in [4.69, 9.17) is 39.2 Å². The number of oxazole rings is 1. The molecule has 144 valence electrons. The average molecular weight is 432 g/mol. The van der Waals surface area contributed by atoms with Crippen LogP contribution >= 0.6 is 34.8 Å². The number of aromatic nitrogens is 1. The number of nitriles is 1. The van der Waals surface area contributed by atoms with Crippen molar-refractivity contribution in [3.05, 3.63) is 32.9 Å². The Morgan fingerprint density at radius 1 is 1.26 bits per heavy atom. The Balaban J connectivity index is 2.36. The van der Waals surface area contributed by atoms with E-state index in [1.807, 2.05) is 25.1 Å². The molecule has 1 aromatic carbocycles. The highest BCUT2D eigenvalue weighted by Crippen LogP contribution is 2.38. The van der Waals surface area contributed by atoms with Crippen LogP contribution in [0.25, 0.3) is 11.5 Å². The van der Waals surface area contributed by atoms with Crippen molar-refractivity contribution in [1.29, 1.82) is 5.26 Å². The molecule has 0 atom stereocenters. The summed E-state index contributed by atoms with van der Waals surface area (Å²) in [7, 11) is 3.87. The van der Waals surface area contributed by atoms with Gasteiger partial charge in [-0.15, -0.1) is 0 Å². The van der Waals surface area contributed by atoms with Crippen LogP contribution in [0.1, 0.15) is 18.5 Å². The molecule has 1 amide bonds. The van der Waals surface area contributed by atoms with Crippen LogP contribution in [0.5, 0.6) is 0 Å². The molecule has 2 rings (SSSR count). The van der Waals surface area contributed by atoms with Crippen LogP contribution in [0.4, 0.5) is 10.7 Å². The first-order valence-electron chi connectivity index (χ1n) is 7.95. The Hall–Kier alpha value is -1.98. The first-order chi connectivity index (χ1) is 12.7. The molecule has 1 heterocycles. The Morgan fingerprint density at radius 3 is 2.52 bits per heavy atom. The largest absolute Gasteiger partial charge is 0.465 e. The highest BCUT2D eigenvalue weighted by atomic mass is 35.5. The number of anilines is 1. The van der Waals surface area contributed by atoms with Gasteiger partial charge >= 0.3 is 6.09 Å². The summed E-state index contributed by atoms with van der Waals surface area (Å²) in [6.45, 7) is 0.980. The fourth-order valence-corrected chi connectivity index (χ4v) is 3.06. The van der Waals surface area contributed by atoms with Gasteiger partial charge in [0.2, 0.25) is 17.5 Å².